The number of ether oxygens (including phenoxy) is 2. The molecule has 1 amide bonds. The van der Waals surface area contributed by atoms with Gasteiger partial charge in [-0.05, 0) is 68.1 Å². The summed E-state index contributed by atoms with van der Waals surface area (Å²) in [6.07, 6.45) is 4.18. The molecule has 0 radical (unpaired) electrons. The third-order valence-electron chi connectivity index (χ3n) is 8.65. The molecule has 210 valence electrons. The fourth-order valence-corrected chi connectivity index (χ4v) is 6.54. The van der Waals surface area contributed by atoms with Crippen LogP contribution in [0.25, 0.3) is 0 Å². The Kier molecular flexibility index (Phi) is 8.80. The zero-order chi connectivity index (χ0) is 27.6. The Morgan fingerprint density at radius 2 is 2.05 bits per heavy atom. The van der Waals surface area contributed by atoms with E-state index < -0.39 is 5.92 Å². The van der Waals surface area contributed by atoms with Gasteiger partial charge in [0.1, 0.15) is 18.0 Å². The maximum absolute atomic E-state index is 14.9. The first-order chi connectivity index (χ1) is 18.1. The maximum Gasteiger partial charge on any atom is 0.286 e. The summed E-state index contributed by atoms with van der Waals surface area (Å²) in [5.74, 6) is -1.87. The predicted molar refractivity (Wildman–Crippen MR) is 144 cm³/mol. The number of hydrogen-bond acceptors (Lipinski definition) is 4. The van der Waals surface area contributed by atoms with Crippen LogP contribution in [0.15, 0.2) is 18.2 Å². The summed E-state index contributed by atoms with van der Waals surface area (Å²) < 4.78 is 42.6. The minimum atomic E-state index is -3.10. The number of nitrogens with zero attached hydrogens (tertiary/aromatic N) is 3. The zero-order valence-electron chi connectivity index (χ0n) is 23.7. The van der Waals surface area contributed by atoms with E-state index in [2.05, 4.69) is 11.2 Å². The summed E-state index contributed by atoms with van der Waals surface area (Å²) in [7, 11) is 1.65. The number of methoxy groups -OCH3 is 1. The van der Waals surface area contributed by atoms with Crippen LogP contribution in [-0.2, 0) is 28.4 Å². The lowest BCUT2D eigenvalue weighted by Crippen LogP contribution is -2.38. The van der Waals surface area contributed by atoms with Crippen molar-refractivity contribution >= 4 is 5.91 Å². The van der Waals surface area contributed by atoms with Crippen LogP contribution in [0.5, 0.6) is 5.75 Å². The summed E-state index contributed by atoms with van der Waals surface area (Å²) >= 11 is 0. The van der Waals surface area contributed by atoms with Crippen LogP contribution in [0.1, 0.15) is 93.4 Å². The fourth-order valence-electron chi connectivity index (χ4n) is 6.54. The van der Waals surface area contributed by atoms with Gasteiger partial charge in [-0.3, -0.25) is 9.48 Å². The van der Waals surface area contributed by atoms with E-state index in [1.807, 2.05) is 44.7 Å². The Morgan fingerprint density at radius 1 is 1.29 bits per heavy atom. The number of rotatable bonds is 9. The summed E-state index contributed by atoms with van der Waals surface area (Å²) in [6, 6.07) is 5.80. The van der Waals surface area contributed by atoms with Gasteiger partial charge in [-0.1, -0.05) is 32.9 Å². The molecule has 2 fully saturated rings. The van der Waals surface area contributed by atoms with Crippen molar-refractivity contribution in [2.45, 2.75) is 91.1 Å². The number of aromatic nitrogens is 2. The molecule has 0 bridgehead atoms. The van der Waals surface area contributed by atoms with E-state index in [1.54, 1.807) is 7.11 Å². The highest BCUT2D eigenvalue weighted by atomic mass is 19.3. The Labute approximate surface area is 225 Å². The summed E-state index contributed by atoms with van der Waals surface area (Å²) in [6.45, 7) is 10.7. The highest BCUT2D eigenvalue weighted by Gasteiger charge is 2.44. The molecular weight excluding hydrogens is 488 g/mol. The zero-order valence-corrected chi connectivity index (χ0v) is 23.7. The summed E-state index contributed by atoms with van der Waals surface area (Å²) in [5, 5.41) is 4.63. The molecule has 4 rings (SSSR count). The lowest BCUT2D eigenvalue weighted by molar-refractivity contribution is -0.134. The predicted octanol–water partition coefficient (Wildman–Crippen LogP) is 6.40. The van der Waals surface area contributed by atoms with Crippen LogP contribution in [0.2, 0.25) is 0 Å². The molecule has 8 heteroatoms. The molecule has 0 N–H and O–H groups in total. The normalized spacial score (nSPS) is 23.1. The average Bonchev–Trinajstić information content (AvgIpc) is 3.51. The fraction of sp³-hybridized carbons (Fsp3) is 0.667. The van der Waals surface area contributed by atoms with Crippen LogP contribution >= 0.6 is 0 Å². The molecule has 0 spiro atoms. The van der Waals surface area contributed by atoms with Crippen molar-refractivity contribution in [1.82, 2.24) is 14.7 Å². The number of likely N-dealkylation sites (tertiary alicyclic amines) is 1. The van der Waals surface area contributed by atoms with E-state index in [4.69, 9.17) is 9.47 Å². The van der Waals surface area contributed by atoms with E-state index >= 15 is 0 Å². The van der Waals surface area contributed by atoms with Gasteiger partial charge in [0.2, 0.25) is 5.91 Å². The van der Waals surface area contributed by atoms with E-state index in [-0.39, 0.29) is 36.0 Å². The SMILES string of the molecule is CCc1c(C(C)CC)nn(CC(=O)N2CCC(C3CCCOC3)C2c2cccc(OC)c2C)c1C(C)(F)F. The van der Waals surface area contributed by atoms with Gasteiger partial charge < -0.3 is 14.4 Å². The largest absolute Gasteiger partial charge is 0.496 e. The first kappa shape index (κ1) is 28.5. The average molecular weight is 532 g/mol. The number of hydrogen-bond donors (Lipinski definition) is 0. The molecule has 0 aliphatic carbocycles. The highest BCUT2D eigenvalue weighted by molar-refractivity contribution is 5.77. The molecular formula is C30H43F2N3O3. The Hall–Kier alpha value is -2.48. The second kappa shape index (κ2) is 11.7. The molecule has 3 heterocycles. The molecule has 2 aliphatic rings. The van der Waals surface area contributed by atoms with Crippen molar-refractivity contribution in [3.8, 4) is 5.75 Å². The van der Waals surface area contributed by atoms with Gasteiger partial charge in [-0.25, -0.2) is 0 Å². The summed E-state index contributed by atoms with van der Waals surface area (Å²) in [4.78, 5) is 15.9. The maximum atomic E-state index is 14.9. The first-order valence-electron chi connectivity index (χ1n) is 14.1. The molecule has 6 nitrogen and oxygen atoms in total. The van der Waals surface area contributed by atoms with Gasteiger partial charge in [-0.15, -0.1) is 0 Å². The highest BCUT2D eigenvalue weighted by Crippen LogP contribution is 2.46. The van der Waals surface area contributed by atoms with Crippen molar-refractivity contribution in [1.29, 1.82) is 0 Å². The minimum Gasteiger partial charge on any atom is -0.496 e. The smallest absolute Gasteiger partial charge is 0.286 e. The van der Waals surface area contributed by atoms with Crippen molar-refractivity contribution in [2.75, 3.05) is 26.9 Å². The van der Waals surface area contributed by atoms with Crippen LogP contribution in [0.3, 0.4) is 0 Å². The van der Waals surface area contributed by atoms with Gasteiger partial charge in [0.25, 0.3) is 5.92 Å². The molecule has 4 atom stereocenters. The van der Waals surface area contributed by atoms with Gasteiger partial charge in [0, 0.05) is 38.2 Å². The third-order valence-corrected chi connectivity index (χ3v) is 8.65. The second-order valence-corrected chi connectivity index (χ2v) is 11.1. The molecule has 0 saturated carbocycles. The van der Waals surface area contributed by atoms with E-state index in [1.165, 1.54) is 4.68 Å². The monoisotopic (exact) mass is 531 g/mol. The number of carbonyl (C=O) groups is 1. The molecule has 2 aliphatic heterocycles. The molecule has 1 aromatic heterocycles. The van der Waals surface area contributed by atoms with Gasteiger partial charge in [0.15, 0.2) is 0 Å². The van der Waals surface area contributed by atoms with E-state index in [0.717, 1.165) is 56.1 Å². The van der Waals surface area contributed by atoms with Crippen molar-refractivity contribution in [2.24, 2.45) is 11.8 Å². The minimum absolute atomic E-state index is 0.0389. The molecule has 38 heavy (non-hydrogen) atoms. The van der Waals surface area contributed by atoms with Crippen LogP contribution in [0.4, 0.5) is 8.78 Å². The van der Waals surface area contributed by atoms with Gasteiger partial charge in [-0.2, -0.15) is 13.9 Å². The standard InChI is InChI=1S/C30H43F2N3O3/c1-7-19(3)27-22(8-2)29(30(5,31)32)35(33-27)17-26(36)34-15-14-24(21-11-10-16-38-18-21)28(34)23-12-9-13-25(37-6)20(23)4/h9,12-13,19,21,24,28H,7-8,10-11,14-18H2,1-6H3. The topological polar surface area (TPSA) is 56.6 Å². The first-order valence-corrected chi connectivity index (χ1v) is 14.1. The third kappa shape index (κ3) is 5.47. The van der Waals surface area contributed by atoms with Crippen molar-refractivity contribution < 1.29 is 23.0 Å². The van der Waals surface area contributed by atoms with Crippen LogP contribution in [0, 0.1) is 18.8 Å². The molecule has 2 saturated heterocycles. The number of carbonyl (C=O) groups excluding carboxylic acids is 1. The lowest BCUT2D eigenvalue weighted by atomic mass is 9.79. The molecule has 1 aromatic carbocycles. The lowest BCUT2D eigenvalue weighted by Gasteiger charge is -2.35. The number of halogens is 2. The number of amides is 1. The van der Waals surface area contributed by atoms with Crippen molar-refractivity contribution in [3.63, 3.8) is 0 Å². The Bertz CT molecular complexity index is 1120. The summed E-state index contributed by atoms with van der Waals surface area (Å²) in [5.41, 5.74) is 3.18. The van der Waals surface area contributed by atoms with Crippen LogP contribution in [-0.4, -0.2) is 47.5 Å². The Morgan fingerprint density at radius 3 is 2.66 bits per heavy atom. The quantitative estimate of drug-likeness (QED) is 0.376. The van der Waals surface area contributed by atoms with Crippen LogP contribution < -0.4 is 4.74 Å². The van der Waals surface area contributed by atoms with Gasteiger partial charge >= 0.3 is 0 Å². The van der Waals surface area contributed by atoms with E-state index in [0.29, 0.717) is 36.7 Å². The molecule has 4 unspecified atom stereocenters. The second-order valence-electron chi connectivity index (χ2n) is 11.1. The van der Waals surface area contributed by atoms with Crippen molar-refractivity contribution in [3.05, 3.63) is 46.3 Å². The number of alkyl halides is 2. The van der Waals surface area contributed by atoms with E-state index in [9.17, 15) is 13.6 Å². The molecule has 2 aromatic rings. The Balaban J connectivity index is 1.72. The number of benzene rings is 1. The van der Waals surface area contributed by atoms with Gasteiger partial charge in [0.05, 0.1) is 18.8 Å².